The van der Waals surface area contributed by atoms with Crippen LogP contribution in [0.15, 0.2) is 11.6 Å². The van der Waals surface area contributed by atoms with Crippen LogP contribution < -0.4 is 0 Å². The molecule has 0 aromatic rings. The molecule has 4 bridgehead atoms. The Morgan fingerprint density at radius 3 is 2.11 bits per heavy atom. The molecule has 4 aliphatic rings. The van der Waals surface area contributed by atoms with E-state index in [9.17, 15) is 15.3 Å². The Labute approximate surface area is 111 Å². The standard InChI is InChI=1S/C13H20O6/c1-6(2)4-5-13-10(15)8-7(14)9(11(13)16)18-12(3,17-8)19-13/h4,7-11,14-16H,5H2,1-3H3. The molecular weight excluding hydrogens is 252 g/mol. The minimum atomic E-state index is -1.32. The molecule has 4 rings (SSSR count). The Morgan fingerprint density at radius 1 is 1.11 bits per heavy atom. The lowest BCUT2D eigenvalue weighted by Crippen LogP contribution is -2.83. The molecule has 6 nitrogen and oxygen atoms in total. The van der Waals surface area contributed by atoms with E-state index in [1.165, 1.54) is 0 Å². The molecule has 1 saturated carbocycles. The highest BCUT2D eigenvalue weighted by molar-refractivity contribution is 5.18. The van der Waals surface area contributed by atoms with Gasteiger partial charge in [0.15, 0.2) is 0 Å². The Hall–Kier alpha value is -0.500. The quantitative estimate of drug-likeness (QED) is 0.596. The first-order chi connectivity index (χ1) is 8.79. The fraction of sp³-hybridized carbons (Fsp3) is 0.846. The molecule has 0 aromatic heterocycles. The molecule has 3 aliphatic heterocycles. The summed E-state index contributed by atoms with van der Waals surface area (Å²) in [4.78, 5) is 0. The lowest BCUT2D eigenvalue weighted by Gasteiger charge is -2.64. The Balaban J connectivity index is 2.00. The first kappa shape index (κ1) is 13.5. The SMILES string of the molecule is CC(C)=CCC12OC3(C)OC(C(O)C(O3)C1O)C2O. The maximum atomic E-state index is 10.4. The van der Waals surface area contributed by atoms with Crippen LogP contribution in [0.25, 0.3) is 0 Å². The molecule has 19 heavy (non-hydrogen) atoms. The molecule has 4 fully saturated rings. The third-order valence-electron chi connectivity index (χ3n) is 4.20. The molecule has 3 N–H and O–H groups in total. The zero-order valence-corrected chi connectivity index (χ0v) is 11.2. The summed E-state index contributed by atoms with van der Waals surface area (Å²) in [5.74, 6) is -1.32. The van der Waals surface area contributed by atoms with E-state index < -0.39 is 42.1 Å². The van der Waals surface area contributed by atoms with Crippen LogP contribution in [0.2, 0.25) is 0 Å². The zero-order valence-electron chi connectivity index (χ0n) is 11.2. The number of hydrogen-bond donors (Lipinski definition) is 3. The van der Waals surface area contributed by atoms with Crippen molar-refractivity contribution in [1.29, 1.82) is 0 Å². The van der Waals surface area contributed by atoms with E-state index in [-0.39, 0.29) is 0 Å². The van der Waals surface area contributed by atoms with Crippen LogP contribution in [0.5, 0.6) is 0 Å². The second-order valence-electron chi connectivity index (χ2n) is 5.95. The monoisotopic (exact) mass is 272 g/mol. The maximum absolute atomic E-state index is 10.4. The first-order valence-electron chi connectivity index (χ1n) is 6.52. The smallest absolute Gasteiger partial charge is 0.281 e. The van der Waals surface area contributed by atoms with Crippen LogP contribution in [0.4, 0.5) is 0 Å². The summed E-state index contributed by atoms with van der Waals surface area (Å²) in [6.07, 6.45) is -2.60. The van der Waals surface area contributed by atoms with Crippen molar-refractivity contribution in [3.63, 3.8) is 0 Å². The molecule has 0 amide bonds. The fourth-order valence-electron chi connectivity index (χ4n) is 3.24. The molecule has 6 heteroatoms. The van der Waals surface area contributed by atoms with Crippen molar-refractivity contribution >= 4 is 0 Å². The summed E-state index contributed by atoms with van der Waals surface area (Å²) in [5.41, 5.74) is -0.122. The van der Waals surface area contributed by atoms with E-state index in [0.29, 0.717) is 6.42 Å². The Morgan fingerprint density at radius 2 is 1.63 bits per heavy atom. The maximum Gasteiger partial charge on any atom is 0.281 e. The Kier molecular flexibility index (Phi) is 2.84. The molecule has 3 heterocycles. The van der Waals surface area contributed by atoms with E-state index in [2.05, 4.69) is 0 Å². The van der Waals surface area contributed by atoms with Gasteiger partial charge in [-0.2, -0.15) is 0 Å². The lowest BCUT2D eigenvalue weighted by atomic mass is 9.70. The average Bonchev–Trinajstić information content (AvgIpc) is 2.34. The van der Waals surface area contributed by atoms with Gasteiger partial charge in [-0.1, -0.05) is 11.6 Å². The van der Waals surface area contributed by atoms with Gasteiger partial charge in [-0.25, -0.2) is 0 Å². The van der Waals surface area contributed by atoms with Crippen LogP contribution in [0, 0.1) is 0 Å². The van der Waals surface area contributed by atoms with Crippen LogP contribution in [0.3, 0.4) is 0 Å². The molecule has 4 atom stereocenters. The summed E-state index contributed by atoms with van der Waals surface area (Å²) in [5, 5.41) is 30.8. The number of allylic oxidation sites excluding steroid dienone is 1. The van der Waals surface area contributed by atoms with E-state index in [1.54, 1.807) is 6.92 Å². The van der Waals surface area contributed by atoms with Gasteiger partial charge >= 0.3 is 0 Å². The molecule has 4 unspecified atom stereocenters. The summed E-state index contributed by atoms with van der Waals surface area (Å²) < 4.78 is 16.6. The summed E-state index contributed by atoms with van der Waals surface area (Å²) >= 11 is 0. The molecule has 3 saturated heterocycles. The van der Waals surface area contributed by atoms with Gasteiger partial charge in [-0.05, 0) is 13.8 Å². The van der Waals surface area contributed by atoms with Crippen molar-refractivity contribution in [1.82, 2.24) is 0 Å². The molecule has 0 aromatic carbocycles. The first-order valence-corrected chi connectivity index (χ1v) is 6.52. The van der Waals surface area contributed by atoms with Gasteiger partial charge in [0.2, 0.25) is 0 Å². The van der Waals surface area contributed by atoms with Gasteiger partial charge in [0.25, 0.3) is 5.97 Å². The largest absolute Gasteiger partial charge is 0.387 e. The summed E-state index contributed by atoms with van der Waals surface area (Å²) in [6, 6.07) is 0. The van der Waals surface area contributed by atoms with Gasteiger partial charge in [-0.3, -0.25) is 0 Å². The number of aliphatic hydroxyl groups is 3. The highest BCUT2D eigenvalue weighted by Gasteiger charge is 2.71. The van der Waals surface area contributed by atoms with Crippen molar-refractivity contribution in [2.75, 3.05) is 0 Å². The van der Waals surface area contributed by atoms with Gasteiger partial charge in [0.1, 0.15) is 36.1 Å². The second-order valence-corrected chi connectivity index (χ2v) is 5.95. The highest BCUT2D eigenvalue weighted by atomic mass is 16.9. The van der Waals surface area contributed by atoms with Gasteiger partial charge in [-0.15, -0.1) is 0 Å². The van der Waals surface area contributed by atoms with Crippen molar-refractivity contribution in [3.8, 4) is 0 Å². The van der Waals surface area contributed by atoms with Crippen molar-refractivity contribution < 1.29 is 29.5 Å². The number of rotatable bonds is 2. The molecule has 1 aliphatic carbocycles. The zero-order chi connectivity index (χ0) is 14.0. The number of hydrogen-bond acceptors (Lipinski definition) is 6. The average molecular weight is 272 g/mol. The van der Waals surface area contributed by atoms with Gasteiger partial charge < -0.3 is 29.5 Å². The Bertz CT molecular complexity index is 395. The molecular formula is C13H20O6. The van der Waals surface area contributed by atoms with Crippen LogP contribution in [-0.4, -0.2) is 57.4 Å². The summed E-state index contributed by atoms with van der Waals surface area (Å²) in [6.45, 7) is 5.46. The molecule has 108 valence electrons. The normalized spacial score (nSPS) is 55.4. The lowest BCUT2D eigenvalue weighted by molar-refractivity contribution is -0.554. The highest BCUT2D eigenvalue weighted by Crippen LogP contribution is 2.52. The van der Waals surface area contributed by atoms with Crippen LogP contribution >= 0.6 is 0 Å². The second kappa shape index (κ2) is 4.00. The number of ether oxygens (including phenoxy) is 3. The third kappa shape index (κ3) is 1.72. The van der Waals surface area contributed by atoms with Gasteiger partial charge in [0.05, 0.1) is 0 Å². The van der Waals surface area contributed by atoms with E-state index in [4.69, 9.17) is 14.2 Å². The predicted molar refractivity (Wildman–Crippen MR) is 64.0 cm³/mol. The van der Waals surface area contributed by atoms with Crippen LogP contribution in [0.1, 0.15) is 27.2 Å². The van der Waals surface area contributed by atoms with Crippen molar-refractivity contribution in [2.45, 2.75) is 69.3 Å². The predicted octanol–water partition coefficient (Wildman–Crippen LogP) is -0.334. The van der Waals surface area contributed by atoms with Crippen molar-refractivity contribution in [2.24, 2.45) is 0 Å². The summed E-state index contributed by atoms with van der Waals surface area (Å²) in [7, 11) is 0. The third-order valence-corrected chi connectivity index (χ3v) is 4.20. The van der Waals surface area contributed by atoms with Gasteiger partial charge in [0, 0.05) is 13.3 Å². The topological polar surface area (TPSA) is 88.4 Å². The van der Waals surface area contributed by atoms with Crippen LogP contribution in [-0.2, 0) is 14.2 Å². The van der Waals surface area contributed by atoms with Crippen molar-refractivity contribution in [3.05, 3.63) is 11.6 Å². The minimum Gasteiger partial charge on any atom is -0.387 e. The van der Waals surface area contributed by atoms with E-state index in [0.717, 1.165) is 5.57 Å². The molecule has 0 spiro atoms. The minimum absolute atomic E-state index is 0.347. The molecule has 0 radical (unpaired) electrons. The van der Waals surface area contributed by atoms with E-state index in [1.807, 2.05) is 19.9 Å². The fourth-order valence-corrected chi connectivity index (χ4v) is 3.24. The number of aliphatic hydroxyl groups excluding tert-OH is 3. The van der Waals surface area contributed by atoms with E-state index >= 15 is 0 Å².